The third-order valence-electron chi connectivity index (χ3n) is 3.42. The summed E-state index contributed by atoms with van der Waals surface area (Å²) in [6.45, 7) is 4.77. The van der Waals surface area contributed by atoms with Crippen molar-refractivity contribution in [1.82, 2.24) is 5.32 Å². The zero-order valence-electron chi connectivity index (χ0n) is 12.2. The van der Waals surface area contributed by atoms with Crippen molar-refractivity contribution in [1.29, 1.82) is 0 Å². The number of aryl methyl sites for hydroxylation is 1. The van der Waals surface area contributed by atoms with Gasteiger partial charge in [-0.15, -0.1) is 0 Å². The molecular formula is C17H21NO2. The molecule has 0 spiro atoms. The molecule has 106 valence electrons. The molecule has 0 aliphatic rings. The van der Waals surface area contributed by atoms with Gasteiger partial charge in [-0.3, -0.25) is 0 Å². The van der Waals surface area contributed by atoms with Crippen LogP contribution in [0.1, 0.15) is 29.7 Å². The Morgan fingerprint density at radius 2 is 1.85 bits per heavy atom. The maximum atomic E-state index is 9.97. The van der Waals surface area contributed by atoms with Gasteiger partial charge in [-0.1, -0.05) is 24.3 Å². The quantitative estimate of drug-likeness (QED) is 0.873. The van der Waals surface area contributed by atoms with Crippen molar-refractivity contribution in [3.63, 3.8) is 0 Å². The second-order valence-electron chi connectivity index (χ2n) is 5.01. The van der Waals surface area contributed by atoms with Crippen molar-refractivity contribution in [2.75, 3.05) is 7.11 Å². The van der Waals surface area contributed by atoms with E-state index >= 15 is 0 Å². The van der Waals surface area contributed by atoms with E-state index in [0.29, 0.717) is 5.75 Å². The van der Waals surface area contributed by atoms with Gasteiger partial charge in [-0.2, -0.15) is 0 Å². The molecule has 0 saturated carbocycles. The van der Waals surface area contributed by atoms with Crippen LogP contribution in [0.4, 0.5) is 0 Å². The van der Waals surface area contributed by atoms with Gasteiger partial charge in [0.25, 0.3) is 0 Å². The Kier molecular flexibility index (Phi) is 4.64. The van der Waals surface area contributed by atoms with Gasteiger partial charge in [-0.25, -0.2) is 0 Å². The molecule has 2 N–H and O–H groups in total. The van der Waals surface area contributed by atoms with Crippen LogP contribution < -0.4 is 10.1 Å². The summed E-state index contributed by atoms with van der Waals surface area (Å²) in [5.74, 6) is 1.21. The standard InChI is InChI=1S/C17H21NO2/c1-12-4-9-16(17(19)10-12)13(2)18-11-14-5-7-15(20-3)8-6-14/h4-10,13,18-19H,11H2,1-3H3. The van der Waals surface area contributed by atoms with Crippen LogP contribution in [0, 0.1) is 6.92 Å². The third kappa shape index (κ3) is 3.52. The largest absolute Gasteiger partial charge is 0.508 e. The number of hydrogen-bond donors (Lipinski definition) is 2. The van der Waals surface area contributed by atoms with E-state index in [1.807, 2.05) is 50.2 Å². The number of aromatic hydroxyl groups is 1. The van der Waals surface area contributed by atoms with Gasteiger partial charge in [0.1, 0.15) is 11.5 Å². The molecule has 0 amide bonds. The Balaban J connectivity index is 1.98. The van der Waals surface area contributed by atoms with E-state index in [2.05, 4.69) is 5.32 Å². The van der Waals surface area contributed by atoms with Gasteiger partial charge in [0, 0.05) is 18.2 Å². The lowest BCUT2D eigenvalue weighted by Gasteiger charge is -2.16. The van der Waals surface area contributed by atoms with Crippen LogP contribution in [-0.4, -0.2) is 12.2 Å². The van der Waals surface area contributed by atoms with Gasteiger partial charge >= 0.3 is 0 Å². The minimum atomic E-state index is 0.0951. The first-order chi connectivity index (χ1) is 9.60. The number of phenols is 1. The number of ether oxygens (including phenoxy) is 1. The summed E-state index contributed by atoms with van der Waals surface area (Å²) in [6.07, 6.45) is 0. The topological polar surface area (TPSA) is 41.5 Å². The molecule has 0 aliphatic carbocycles. The number of hydrogen-bond acceptors (Lipinski definition) is 3. The van der Waals surface area contributed by atoms with E-state index < -0.39 is 0 Å². The zero-order chi connectivity index (χ0) is 14.5. The summed E-state index contributed by atoms with van der Waals surface area (Å²) in [4.78, 5) is 0. The minimum absolute atomic E-state index is 0.0951. The lowest BCUT2D eigenvalue weighted by atomic mass is 10.0. The van der Waals surface area contributed by atoms with Gasteiger partial charge in [0.15, 0.2) is 0 Å². The van der Waals surface area contributed by atoms with Gasteiger partial charge in [0.2, 0.25) is 0 Å². The van der Waals surface area contributed by atoms with E-state index in [9.17, 15) is 5.11 Å². The number of methoxy groups -OCH3 is 1. The fraction of sp³-hybridized carbons (Fsp3) is 0.294. The maximum Gasteiger partial charge on any atom is 0.120 e. The molecule has 2 rings (SSSR count). The lowest BCUT2D eigenvalue weighted by Crippen LogP contribution is -2.18. The molecule has 0 fully saturated rings. The molecule has 2 aromatic rings. The van der Waals surface area contributed by atoms with E-state index in [1.165, 1.54) is 5.56 Å². The number of rotatable bonds is 5. The predicted molar refractivity (Wildman–Crippen MR) is 81.1 cm³/mol. The van der Waals surface area contributed by atoms with E-state index in [4.69, 9.17) is 4.74 Å². The summed E-state index contributed by atoms with van der Waals surface area (Å²) >= 11 is 0. The Labute approximate surface area is 120 Å². The fourth-order valence-corrected chi connectivity index (χ4v) is 2.14. The lowest BCUT2D eigenvalue weighted by molar-refractivity contribution is 0.414. The van der Waals surface area contributed by atoms with Crippen molar-refractivity contribution in [3.8, 4) is 11.5 Å². The second kappa shape index (κ2) is 6.44. The SMILES string of the molecule is COc1ccc(CNC(C)c2ccc(C)cc2O)cc1. The Hall–Kier alpha value is -2.00. The highest BCUT2D eigenvalue weighted by Crippen LogP contribution is 2.25. The van der Waals surface area contributed by atoms with Crippen LogP contribution in [0.2, 0.25) is 0 Å². The summed E-state index contributed by atoms with van der Waals surface area (Å²) < 4.78 is 5.14. The Morgan fingerprint density at radius 3 is 2.45 bits per heavy atom. The van der Waals surface area contributed by atoms with Crippen LogP contribution in [-0.2, 0) is 6.54 Å². The summed E-state index contributed by atoms with van der Waals surface area (Å²) in [6, 6.07) is 13.8. The van der Waals surface area contributed by atoms with Gasteiger partial charge < -0.3 is 15.2 Å². The third-order valence-corrected chi connectivity index (χ3v) is 3.42. The molecule has 0 aliphatic heterocycles. The number of phenolic OH excluding ortho intramolecular Hbond substituents is 1. The monoisotopic (exact) mass is 271 g/mol. The molecule has 3 nitrogen and oxygen atoms in total. The maximum absolute atomic E-state index is 9.97. The smallest absolute Gasteiger partial charge is 0.120 e. The predicted octanol–water partition coefficient (Wildman–Crippen LogP) is 3.56. The van der Waals surface area contributed by atoms with Crippen LogP contribution in [0.25, 0.3) is 0 Å². The zero-order valence-corrected chi connectivity index (χ0v) is 12.2. The van der Waals surface area contributed by atoms with E-state index in [1.54, 1.807) is 13.2 Å². The number of nitrogens with one attached hydrogen (secondary N) is 1. The van der Waals surface area contributed by atoms with Crippen LogP contribution in [0.15, 0.2) is 42.5 Å². The highest BCUT2D eigenvalue weighted by molar-refractivity contribution is 5.38. The van der Waals surface area contributed by atoms with Crippen molar-refractivity contribution in [3.05, 3.63) is 59.2 Å². The first-order valence-corrected chi connectivity index (χ1v) is 6.76. The minimum Gasteiger partial charge on any atom is -0.508 e. The Morgan fingerprint density at radius 1 is 1.15 bits per heavy atom. The van der Waals surface area contributed by atoms with Gasteiger partial charge in [0.05, 0.1) is 7.11 Å². The fourth-order valence-electron chi connectivity index (χ4n) is 2.14. The first-order valence-electron chi connectivity index (χ1n) is 6.76. The summed E-state index contributed by atoms with van der Waals surface area (Å²) in [7, 11) is 1.66. The van der Waals surface area contributed by atoms with Gasteiger partial charge in [-0.05, 0) is 43.2 Å². The molecule has 3 heteroatoms. The second-order valence-corrected chi connectivity index (χ2v) is 5.01. The molecule has 20 heavy (non-hydrogen) atoms. The molecule has 0 saturated heterocycles. The molecule has 1 atom stereocenters. The highest BCUT2D eigenvalue weighted by Gasteiger charge is 2.09. The van der Waals surface area contributed by atoms with E-state index in [-0.39, 0.29) is 6.04 Å². The molecule has 0 heterocycles. The van der Waals surface area contributed by atoms with Crippen molar-refractivity contribution < 1.29 is 9.84 Å². The average Bonchev–Trinajstić information content (AvgIpc) is 2.45. The van der Waals surface area contributed by atoms with E-state index in [0.717, 1.165) is 23.4 Å². The van der Waals surface area contributed by atoms with Crippen molar-refractivity contribution in [2.45, 2.75) is 26.4 Å². The summed E-state index contributed by atoms with van der Waals surface area (Å²) in [5, 5.41) is 13.4. The molecular weight excluding hydrogens is 250 g/mol. The molecule has 0 bridgehead atoms. The molecule has 2 aromatic carbocycles. The first kappa shape index (κ1) is 14.4. The normalized spacial score (nSPS) is 12.2. The average molecular weight is 271 g/mol. The van der Waals surface area contributed by atoms with Crippen LogP contribution >= 0.6 is 0 Å². The highest BCUT2D eigenvalue weighted by atomic mass is 16.5. The van der Waals surface area contributed by atoms with Crippen LogP contribution in [0.5, 0.6) is 11.5 Å². The van der Waals surface area contributed by atoms with Crippen LogP contribution in [0.3, 0.4) is 0 Å². The van der Waals surface area contributed by atoms with Crippen molar-refractivity contribution >= 4 is 0 Å². The number of benzene rings is 2. The molecule has 1 unspecified atom stereocenters. The Bertz CT molecular complexity index is 564. The summed E-state index contributed by atoms with van der Waals surface area (Å²) in [5.41, 5.74) is 3.17. The molecule has 0 radical (unpaired) electrons. The molecule has 0 aromatic heterocycles. The van der Waals surface area contributed by atoms with Crippen molar-refractivity contribution in [2.24, 2.45) is 0 Å².